The van der Waals surface area contributed by atoms with Crippen molar-refractivity contribution in [2.24, 2.45) is 11.7 Å². The Balaban J connectivity index is 2.20. The van der Waals surface area contributed by atoms with Gasteiger partial charge in [-0.25, -0.2) is 0 Å². The molecule has 1 aliphatic rings. The predicted octanol–water partition coefficient (Wildman–Crippen LogP) is 1.83. The summed E-state index contributed by atoms with van der Waals surface area (Å²) in [6, 6.07) is 5.29. The highest BCUT2D eigenvalue weighted by Crippen LogP contribution is 2.37. The standard InChI is InChI=1S/C13H19NO3/c1-16-11-4-2-3-10(13(11)15)12(14)9-5-7-17-8-6-9/h2-4,9,12,15H,5-8,14H2,1H3/t12-/m1/s1. The number of phenols is 1. The number of benzene rings is 1. The Morgan fingerprint density at radius 2 is 2.12 bits per heavy atom. The molecule has 1 fully saturated rings. The molecule has 0 radical (unpaired) electrons. The van der Waals surface area contributed by atoms with Crippen LogP contribution in [0.5, 0.6) is 11.5 Å². The number of nitrogens with two attached hydrogens (primary N) is 1. The molecular weight excluding hydrogens is 218 g/mol. The zero-order chi connectivity index (χ0) is 12.3. The smallest absolute Gasteiger partial charge is 0.162 e. The van der Waals surface area contributed by atoms with Crippen LogP contribution in [0.15, 0.2) is 18.2 Å². The molecule has 94 valence electrons. The number of hydrogen-bond acceptors (Lipinski definition) is 4. The van der Waals surface area contributed by atoms with Crippen LogP contribution in [0.3, 0.4) is 0 Å². The largest absolute Gasteiger partial charge is 0.504 e. The molecule has 1 aliphatic heterocycles. The minimum Gasteiger partial charge on any atom is -0.504 e. The van der Waals surface area contributed by atoms with Gasteiger partial charge in [-0.15, -0.1) is 0 Å². The van der Waals surface area contributed by atoms with Crippen LogP contribution >= 0.6 is 0 Å². The van der Waals surface area contributed by atoms with Gasteiger partial charge in [0.25, 0.3) is 0 Å². The van der Waals surface area contributed by atoms with Gasteiger partial charge < -0.3 is 20.3 Å². The van der Waals surface area contributed by atoms with E-state index < -0.39 is 0 Å². The van der Waals surface area contributed by atoms with Crippen LogP contribution in [0.4, 0.5) is 0 Å². The number of rotatable bonds is 3. The lowest BCUT2D eigenvalue weighted by Crippen LogP contribution is -2.27. The Hall–Kier alpha value is -1.26. The van der Waals surface area contributed by atoms with Crippen molar-refractivity contribution in [1.29, 1.82) is 0 Å². The summed E-state index contributed by atoms with van der Waals surface area (Å²) < 4.78 is 10.4. The van der Waals surface area contributed by atoms with E-state index in [1.54, 1.807) is 13.2 Å². The maximum absolute atomic E-state index is 10.1. The van der Waals surface area contributed by atoms with Crippen LogP contribution in [0, 0.1) is 5.92 Å². The molecule has 1 saturated heterocycles. The molecular formula is C13H19NO3. The van der Waals surface area contributed by atoms with Gasteiger partial charge in [0.05, 0.1) is 7.11 Å². The van der Waals surface area contributed by atoms with Gasteiger partial charge >= 0.3 is 0 Å². The van der Waals surface area contributed by atoms with Gasteiger partial charge in [-0.1, -0.05) is 12.1 Å². The maximum atomic E-state index is 10.1. The zero-order valence-electron chi connectivity index (χ0n) is 10.1. The van der Waals surface area contributed by atoms with Crippen LogP contribution in [-0.4, -0.2) is 25.4 Å². The quantitative estimate of drug-likeness (QED) is 0.841. The Morgan fingerprint density at radius 1 is 1.41 bits per heavy atom. The fourth-order valence-corrected chi connectivity index (χ4v) is 2.30. The van der Waals surface area contributed by atoms with Crippen molar-refractivity contribution in [3.8, 4) is 11.5 Å². The highest BCUT2D eigenvalue weighted by atomic mass is 16.5. The van der Waals surface area contributed by atoms with Gasteiger partial charge in [-0.3, -0.25) is 0 Å². The van der Waals surface area contributed by atoms with Gasteiger partial charge in [0.15, 0.2) is 11.5 Å². The third-order valence-corrected chi connectivity index (χ3v) is 3.38. The monoisotopic (exact) mass is 237 g/mol. The van der Waals surface area contributed by atoms with E-state index in [9.17, 15) is 5.11 Å². The summed E-state index contributed by atoms with van der Waals surface area (Å²) in [6.45, 7) is 1.51. The van der Waals surface area contributed by atoms with E-state index in [-0.39, 0.29) is 11.8 Å². The summed E-state index contributed by atoms with van der Waals surface area (Å²) in [7, 11) is 1.54. The van der Waals surface area contributed by atoms with Crippen LogP contribution in [-0.2, 0) is 4.74 Å². The third kappa shape index (κ3) is 2.53. The molecule has 4 heteroatoms. The van der Waals surface area contributed by atoms with Crippen LogP contribution < -0.4 is 10.5 Å². The molecule has 1 atom stereocenters. The van der Waals surface area contributed by atoms with Crippen molar-refractivity contribution in [2.45, 2.75) is 18.9 Å². The van der Waals surface area contributed by atoms with Crippen LogP contribution in [0.1, 0.15) is 24.4 Å². The Kier molecular flexibility index (Phi) is 3.86. The summed E-state index contributed by atoms with van der Waals surface area (Å²) in [5.41, 5.74) is 6.98. The second-order valence-corrected chi connectivity index (χ2v) is 4.37. The molecule has 1 aromatic rings. The molecule has 3 N–H and O–H groups in total. The molecule has 4 nitrogen and oxygen atoms in total. The molecule has 0 amide bonds. The second-order valence-electron chi connectivity index (χ2n) is 4.37. The first kappa shape index (κ1) is 12.2. The molecule has 0 bridgehead atoms. The molecule has 17 heavy (non-hydrogen) atoms. The molecule has 0 aromatic heterocycles. The van der Waals surface area contributed by atoms with Crippen molar-refractivity contribution in [3.05, 3.63) is 23.8 Å². The number of hydrogen-bond donors (Lipinski definition) is 2. The summed E-state index contributed by atoms with van der Waals surface area (Å²) in [5, 5.41) is 10.1. The van der Waals surface area contributed by atoms with E-state index in [0.29, 0.717) is 11.7 Å². The first-order chi connectivity index (χ1) is 8.24. The molecule has 0 saturated carbocycles. The van der Waals surface area contributed by atoms with E-state index in [2.05, 4.69) is 0 Å². The van der Waals surface area contributed by atoms with E-state index in [1.807, 2.05) is 12.1 Å². The van der Waals surface area contributed by atoms with Crippen molar-refractivity contribution in [2.75, 3.05) is 20.3 Å². The zero-order valence-corrected chi connectivity index (χ0v) is 10.1. The molecule has 1 aromatic carbocycles. The van der Waals surface area contributed by atoms with E-state index in [0.717, 1.165) is 31.6 Å². The number of methoxy groups -OCH3 is 1. The Morgan fingerprint density at radius 3 is 2.76 bits per heavy atom. The molecule has 1 heterocycles. The molecule has 0 unspecified atom stereocenters. The Labute approximate surface area is 101 Å². The van der Waals surface area contributed by atoms with Gasteiger partial charge in [0.2, 0.25) is 0 Å². The number of phenolic OH excluding ortho intramolecular Hbond substituents is 1. The van der Waals surface area contributed by atoms with E-state index in [1.165, 1.54) is 0 Å². The van der Waals surface area contributed by atoms with Crippen LogP contribution in [0.25, 0.3) is 0 Å². The Bertz CT molecular complexity index is 375. The molecule has 0 spiro atoms. The third-order valence-electron chi connectivity index (χ3n) is 3.38. The van der Waals surface area contributed by atoms with Crippen molar-refractivity contribution in [1.82, 2.24) is 0 Å². The lowest BCUT2D eigenvalue weighted by atomic mass is 9.87. The first-order valence-corrected chi connectivity index (χ1v) is 5.93. The second kappa shape index (κ2) is 5.38. The number of ether oxygens (including phenoxy) is 2. The average molecular weight is 237 g/mol. The summed E-state index contributed by atoms with van der Waals surface area (Å²) in [4.78, 5) is 0. The maximum Gasteiger partial charge on any atom is 0.162 e. The summed E-state index contributed by atoms with van der Waals surface area (Å²) >= 11 is 0. The van der Waals surface area contributed by atoms with Crippen molar-refractivity contribution in [3.63, 3.8) is 0 Å². The van der Waals surface area contributed by atoms with E-state index >= 15 is 0 Å². The van der Waals surface area contributed by atoms with Gasteiger partial charge in [0.1, 0.15) is 0 Å². The van der Waals surface area contributed by atoms with Crippen molar-refractivity contribution < 1.29 is 14.6 Å². The summed E-state index contributed by atoms with van der Waals surface area (Å²) in [6.07, 6.45) is 1.88. The lowest BCUT2D eigenvalue weighted by Gasteiger charge is -2.28. The molecule has 0 aliphatic carbocycles. The van der Waals surface area contributed by atoms with Crippen molar-refractivity contribution >= 4 is 0 Å². The topological polar surface area (TPSA) is 64.7 Å². The normalized spacial score (nSPS) is 18.9. The fourth-order valence-electron chi connectivity index (χ4n) is 2.30. The van der Waals surface area contributed by atoms with Gasteiger partial charge in [0, 0.05) is 24.8 Å². The first-order valence-electron chi connectivity index (χ1n) is 5.93. The highest BCUT2D eigenvalue weighted by molar-refractivity contribution is 5.46. The highest BCUT2D eigenvalue weighted by Gasteiger charge is 2.25. The molecule has 2 rings (SSSR count). The number of para-hydroxylation sites is 1. The minimum atomic E-state index is -0.158. The van der Waals surface area contributed by atoms with E-state index in [4.69, 9.17) is 15.2 Å². The fraction of sp³-hybridized carbons (Fsp3) is 0.538. The summed E-state index contributed by atoms with van der Waals surface area (Å²) in [5.74, 6) is 1.00. The average Bonchev–Trinajstić information content (AvgIpc) is 2.39. The van der Waals surface area contributed by atoms with Crippen LogP contribution in [0.2, 0.25) is 0 Å². The predicted molar refractivity (Wildman–Crippen MR) is 65.1 cm³/mol. The number of aromatic hydroxyl groups is 1. The van der Waals surface area contributed by atoms with Gasteiger partial charge in [-0.05, 0) is 24.8 Å². The van der Waals surface area contributed by atoms with Gasteiger partial charge in [-0.2, -0.15) is 0 Å². The minimum absolute atomic E-state index is 0.158. The lowest BCUT2D eigenvalue weighted by molar-refractivity contribution is 0.0581. The SMILES string of the molecule is COc1cccc([C@H](N)C2CCOCC2)c1O.